The van der Waals surface area contributed by atoms with Crippen LogP contribution in [0.15, 0.2) is 194 Å². The number of rotatable bonds is 6. The second kappa shape index (κ2) is 14.1. The van der Waals surface area contributed by atoms with Crippen LogP contribution in [0.3, 0.4) is 0 Å². The van der Waals surface area contributed by atoms with Gasteiger partial charge in [0.1, 0.15) is 0 Å². The second-order valence-corrected chi connectivity index (χ2v) is 16.4. The van der Waals surface area contributed by atoms with Gasteiger partial charge >= 0.3 is 0 Å². The molecule has 1 heteroatoms. The Morgan fingerprint density at radius 1 is 0.456 bits per heavy atom. The molecule has 1 aliphatic rings. The number of allylic oxidation sites excluding steroid dienone is 4. The zero-order valence-electron chi connectivity index (χ0n) is 32.8. The highest BCUT2D eigenvalue weighted by Crippen LogP contribution is 2.50. The van der Waals surface area contributed by atoms with E-state index in [4.69, 9.17) is 0 Å². The van der Waals surface area contributed by atoms with Gasteiger partial charge in [-0.2, -0.15) is 0 Å². The van der Waals surface area contributed by atoms with E-state index >= 15 is 0 Å². The Hall–Kier alpha value is -6.70. The molecule has 0 bridgehead atoms. The van der Waals surface area contributed by atoms with Crippen molar-refractivity contribution in [3.05, 3.63) is 205 Å². The molecule has 0 atom stereocenters. The van der Waals surface area contributed by atoms with Gasteiger partial charge in [-0.15, -0.1) is 0 Å². The lowest BCUT2D eigenvalue weighted by molar-refractivity contribution is 0.590. The number of benzene rings is 9. The largest absolute Gasteiger partial charge is 0.310 e. The van der Waals surface area contributed by atoms with Crippen LogP contribution in [0.1, 0.15) is 44.7 Å². The Kier molecular flexibility index (Phi) is 8.60. The molecule has 0 fully saturated rings. The molecule has 0 unspecified atom stereocenters. The summed E-state index contributed by atoms with van der Waals surface area (Å²) in [6.07, 6.45) is 9.21. The first-order valence-electron chi connectivity index (χ1n) is 20.3. The minimum atomic E-state index is 0.0600. The van der Waals surface area contributed by atoms with Gasteiger partial charge in [0, 0.05) is 16.8 Å². The van der Waals surface area contributed by atoms with E-state index in [9.17, 15) is 0 Å². The van der Waals surface area contributed by atoms with Crippen molar-refractivity contribution in [2.24, 2.45) is 0 Å². The fraction of sp³-hybridized carbons (Fsp3) is 0.107. The van der Waals surface area contributed by atoms with E-state index in [0.717, 1.165) is 29.9 Å². The Morgan fingerprint density at radius 2 is 1.09 bits per heavy atom. The van der Waals surface area contributed by atoms with Gasteiger partial charge in [0.25, 0.3) is 0 Å². The number of hydrogen-bond donors (Lipinski definition) is 0. The Labute approximate surface area is 335 Å². The van der Waals surface area contributed by atoms with Gasteiger partial charge in [0.05, 0.1) is 5.69 Å². The predicted octanol–water partition coefficient (Wildman–Crippen LogP) is 16.1. The minimum absolute atomic E-state index is 0.0600. The van der Waals surface area contributed by atoms with Crippen molar-refractivity contribution in [3.8, 4) is 22.3 Å². The zero-order chi connectivity index (χ0) is 38.5. The first-order valence-corrected chi connectivity index (χ1v) is 20.3. The quantitative estimate of drug-likeness (QED) is 0.154. The molecule has 0 radical (unpaired) electrons. The molecule has 10 rings (SSSR count). The van der Waals surface area contributed by atoms with E-state index in [0.29, 0.717) is 0 Å². The molecule has 0 aliphatic heterocycles. The summed E-state index contributed by atoms with van der Waals surface area (Å²) in [4.78, 5) is 2.45. The van der Waals surface area contributed by atoms with Crippen molar-refractivity contribution in [3.63, 3.8) is 0 Å². The fourth-order valence-electron chi connectivity index (χ4n) is 9.01. The average Bonchev–Trinajstić information content (AvgIpc) is 3.27. The molecule has 0 amide bonds. The van der Waals surface area contributed by atoms with E-state index in [2.05, 4.69) is 220 Å². The van der Waals surface area contributed by atoms with Crippen LogP contribution in [0.5, 0.6) is 0 Å². The summed E-state index contributed by atoms with van der Waals surface area (Å²) in [5, 5.41) is 10.1. The molecule has 0 heterocycles. The standard InChI is InChI=1S/C56H45N/c1-56(2,3)42-30-32-43(33-31-42)57(52-29-17-25-38-22-13-14-26-45(38)52)44-34-35-48-51(36-44)46-27-15-16-28-47(46)55-53(41-23-11-6-12-24-41)49(39-18-7-4-8-19-39)37-50(54(48)55)40-20-9-5-10-21-40/h5-7,9-37H,4,8H2,1-3H3. The van der Waals surface area contributed by atoms with Gasteiger partial charge in [-0.05, 0) is 131 Å². The van der Waals surface area contributed by atoms with Gasteiger partial charge in [-0.3, -0.25) is 0 Å². The summed E-state index contributed by atoms with van der Waals surface area (Å²) in [6.45, 7) is 6.84. The summed E-state index contributed by atoms with van der Waals surface area (Å²) in [6, 6.07) is 65.3. The van der Waals surface area contributed by atoms with Crippen molar-refractivity contribution < 1.29 is 0 Å². The Balaban J connectivity index is 1.33. The van der Waals surface area contributed by atoms with Crippen LogP contribution >= 0.6 is 0 Å². The van der Waals surface area contributed by atoms with Gasteiger partial charge in [-0.25, -0.2) is 0 Å². The molecule has 57 heavy (non-hydrogen) atoms. The normalized spacial score (nSPS) is 13.1. The fourth-order valence-corrected chi connectivity index (χ4v) is 9.01. The van der Waals surface area contributed by atoms with E-state index in [1.165, 1.54) is 82.0 Å². The molecule has 0 aromatic heterocycles. The minimum Gasteiger partial charge on any atom is -0.310 e. The lowest BCUT2D eigenvalue weighted by atomic mass is 9.80. The highest BCUT2D eigenvalue weighted by Gasteiger charge is 2.24. The predicted molar refractivity (Wildman–Crippen MR) is 247 cm³/mol. The number of anilines is 3. The number of hydrogen-bond acceptors (Lipinski definition) is 1. The summed E-state index contributed by atoms with van der Waals surface area (Å²) < 4.78 is 0. The van der Waals surface area contributed by atoms with Crippen molar-refractivity contribution >= 4 is 65.7 Å². The first kappa shape index (κ1) is 34.8. The van der Waals surface area contributed by atoms with Crippen molar-refractivity contribution in [1.29, 1.82) is 0 Å². The molecular formula is C56H45N. The van der Waals surface area contributed by atoms with Crippen LogP contribution < -0.4 is 4.90 Å². The first-order chi connectivity index (χ1) is 27.9. The molecule has 9 aromatic carbocycles. The van der Waals surface area contributed by atoms with E-state index in [-0.39, 0.29) is 5.41 Å². The molecule has 274 valence electrons. The van der Waals surface area contributed by atoms with Crippen LogP contribution in [0, 0.1) is 0 Å². The van der Waals surface area contributed by atoms with Crippen LogP contribution in [0.4, 0.5) is 17.1 Å². The van der Waals surface area contributed by atoms with Crippen LogP contribution in [-0.4, -0.2) is 0 Å². The molecule has 9 aromatic rings. The van der Waals surface area contributed by atoms with E-state index in [1.54, 1.807) is 0 Å². The van der Waals surface area contributed by atoms with Crippen LogP contribution in [-0.2, 0) is 5.41 Å². The zero-order valence-corrected chi connectivity index (χ0v) is 32.8. The lowest BCUT2D eigenvalue weighted by Gasteiger charge is -2.29. The highest BCUT2D eigenvalue weighted by atomic mass is 15.1. The Morgan fingerprint density at radius 3 is 1.81 bits per heavy atom. The Bertz CT molecular complexity index is 3010. The summed E-state index contributed by atoms with van der Waals surface area (Å²) in [5.74, 6) is 0. The molecular weight excluding hydrogens is 687 g/mol. The third kappa shape index (κ3) is 6.12. The summed E-state index contributed by atoms with van der Waals surface area (Å²) in [7, 11) is 0. The van der Waals surface area contributed by atoms with Gasteiger partial charge in [-0.1, -0.05) is 179 Å². The van der Waals surface area contributed by atoms with Gasteiger partial charge < -0.3 is 4.90 Å². The number of fused-ring (bicyclic) bond motifs is 7. The second-order valence-electron chi connectivity index (χ2n) is 16.4. The van der Waals surface area contributed by atoms with Crippen LogP contribution in [0.2, 0.25) is 0 Å². The van der Waals surface area contributed by atoms with Gasteiger partial charge in [0.15, 0.2) is 0 Å². The van der Waals surface area contributed by atoms with Crippen molar-refractivity contribution in [2.75, 3.05) is 4.90 Å². The smallest absolute Gasteiger partial charge is 0.0540 e. The third-order valence-corrected chi connectivity index (χ3v) is 11.8. The molecule has 0 saturated carbocycles. The SMILES string of the molecule is CC(C)(C)c1ccc(N(c2ccc3c(c2)c2ccccc2c2c(-c4ccccc4)c(C4=CCCC=C4)cc(-c4ccccc4)c32)c2cccc3ccccc23)cc1. The summed E-state index contributed by atoms with van der Waals surface area (Å²) >= 11 is 0. The van der Waals surface area contributed by atoms with E-state index in [1.807, 2.05) is 0 Å². The third-order valence-electron chi connectivity index (χ3n) is 11.8. The molecule has 0 N–H and O–H groups in total. The van der Waals surface area contributed by atoms with Crippen molar-refractivity contribution in [2.45, 2.75) is 39.0 Å². The highest BCUT2D eigenvalue weighted by molar-refractivity contribution is 6.33. The average molecular weight is 732 g/mol. The maximum atomic E-state index is 2.48. The monoisotopic (exact) mass is 731 g/mol. The lowest BCUT2D eigenvalue weighted by Crippen LogP contribution is -2.13. The maximum Gasteiger partial charge on any atom is 0.0540 e. The summed E-state index contributed by atoms with van der Waals surface area (Å²) in [5.41, 5.74) is 12.4. The molecule has 1 aliphatic carbocycles. The molecule has 1 nitrogen and oxygen atoms in total. The number of nitrogens with zero attached hydrogens (tertiary/aromatic N) is 1. The maximum absolute atomic E-state index is 2.48. The topological polar surface area (TPSA) is 3.24 Å². The van der Waals surface area contributed by atoms with Crippen molar-refractivity contribution in [1.82, 2.24) is 0 Å². The van der Waals surface area contributed by atoms with Crippen LogP contribution in [0.25, 0.3) is 70.9 Å². The van der Waals surface area contributed by atoms with E-state index < -0.39 is 0 Å². The molecule has 0 saturated heterocycles. The molecule has 0 spiro atoms. The van der Waals surface area contributed by atoms with Gasteiger partial charge in [0.2, 0.25) is 0 Å².